The molecule has 0 aliphatic rings. The van der Waals surface area contributed by atoms with Gasteiger partial charge in [0.15, 0.2) is 6.10 Å². The van der Waals surface area contributed by atoms with Gasteiger partial charge in [-0.3, -0.25) is 18.6 Å². The molecule has 0 aromatic heterocycles. The van der Waals surface area contributed by atoms with E-state index in [1.54, 1.807) is 0 Å². The molecule has 0 aromatic carbocycles. The van der Waals surface area contributed by atoms with Crippen molar-refractivity contribution in [3.05, 3.63) is 122 Å². The van der Waals surface area contributed by atoms with Gasteiger partial charge in [0.1, 0.15) is 6.61 Å². The van der Waals surface area contributed by atoms with Gasteiger partial charge < -0.3 is 20.1 Å². The van der Waals surface area contributed by atoms with E-state index in [1.165, 1.54) is 218 Å². The first-order valence-electron chi connectivity index (χ1n) is 39.0. The van der Waals surface area contributed by atoms with E-state index in [4.69, 9.17) is 24.3 Å². The smallest absolute Gasteiger partial charge is 0.462 e. The molecule has 536 valence electrons. The molecule has 0 rings (SSSR count). The molecule has 3 N–H and O–H groups in total. The highest BCUT2D eigenvalue weighted by molar-refractivity contribution is 7.47. The number of nitrogens with two attached hydrogens (primary N) is 1. The summed E-state index contributed by atoms with van der Waals surface area (Å²) in [6, 6.07) is 0. The van der Waals surface area contributed by atoms with Gasteiger partial charge in [0, 0.05) is 19.4 Å². The van der Waals surface area contributed by atoms with Crippen LogP contribution in [0.2, 0.25) is 0 Å². The summed E-state index contributed by atoms with van der Waals surface area (Å²) in [5.74, 6) is -0.828. The predicted molar refractivity (Wildman–Crippen MR) is 404 cm³/mol. The minimum atomic E-state index is -4.40. The zero-order valence-electron chi connectivity index (χ0n) is 60.5. The third-order valence-corrected chi connectivity index (χ3v) is 17.8. The summed E-state index contributed by atoms with van der Waals surface area (Å²) in [5, 5.41) is 0. The summed E-state index contributed by atoms with van der Waals surface area (Å²) in [6.07, 6.45) is 109. The van der Waals surface area contributed by atoms with Crippen molar-refractivity contribution >= 4 is 19.8 Å². The lowest BCUT2D eigenvalue weighted by Gasteiger charge is -2.19. The van der Waals surface area contributed by atoms with Crippen molar-refractivity contribution in [3.8, 4) is 0 Å². The molecule has 9 nitrogen and oxygen atoms in total. The summed E-state index contributed by atoms with van der Waals surface area (Å²) in [5.41, 5.74) is 5.41. The second-order valence-electron chi connectivity index (χ2n) is 25.9. The molecule has 0 fully saturated rings. The van der Waals surface area contributed by atoms with Gasteiger partial charge >= 0.3 is 19.8 Å². The van der Waals surface area contributed by atoms with Crippen LogP contribution in [0.15, 0.2) is 122 Å². The first kappa shape index (κ1) is 89.4. The van der Waals surface area contributed by atoms with Gasteiger partial charge in [-0.1, -0.05) is 379 Å². The normalized spacial score (nSPS) is 13.5. The van der Waals surface area contributed by atoms with E-state index in [0.717, 1.165) is 109 Å². The van der Waals surface area contributed by atoms with Crippen LogP contribution in [0.4, 0.5) is 0 Å². The van der Waals surface area contributed by atoms with Crippen LogP contribution >= 0.6 is 7.82 Å². The van der Waals surface area contributed by atoms with Gasteiger partial charge in [-0.15, -0.1) is 0 Å². The summed E-state index contributed by atoms with van der Waals surface area (Å²) in [4.78, 5) is 35.4. The Hall–Kier alpha value is -3.59. The van der Waals surface area contributed by atoms with E-state index in [0.29, 0.717) is 6.42 Å². The fourth-order valence-corrected chi connectivity index (χ4v) is 11.9. The van der Waals surface area contributed by atoms with Crippen molar-refractivity contribution in [1.29, 1.82) is 0 Å². The number of carbonyl (C=O) groups is 2. The summed E-state index contributed by atoms with van der Waals surface area (Å²) >= 11 is 0. The fourth-order valence-electron chi connectivity index (χ4n) is 11.1. The Labute approximate surface area is 574 Å². The van der Waals surface area contributed by atoms with Crippen LogP contribution in [0.1, 0.15) is 361 Å². The number of hydrogen-bond acceptors (Lipinski definition) is 8. The van der Waals surface area contributed by atoms with Gasteiger partial charge in [0.2, 0.25) is 0 Å². The molecule has 0 saturated carbocycles. The molecule has 0 bridgehead atoms. The second kappa shape index (κ2) is 77.4. The number of unbranched alkanes of at least 4 members (excludes halogenated alkanes) is 40. The van der Waals surface area contributed by atoms with Crippen molar-refractivity contribution in [3.63, 3.8) is 0 Å². The largest absolute Gasteiger partial charge is 0.472 e. The number of hydrogen-bond donors (Lipinski definition) is 2. The van der Waals surface area contributed by atoms with E-state index in [2.05, 4.69) is 135 Å². The number of phosphoric ester groups is 1. The third-order valence-electron chi connectivity index (χ3n) is 16.9. The van der Waals surface area contributed by atoms with Gasteiger partial charge in [-0.05, 0) is 89.9 Å². The Kier molecular flexibility index (Phi) is 74.4. The van der Waals surface area contributed by atoms with Gasteiger partial charge in [-0.2, -0.15) is 0 Å². The van der Waals surface area contributed by atoms with E-state index in [-0.39, 0.29) is 38.6 Å². The summed E-state index contributed by atoms with van der Waals surface area (Å²) in [6.45, 7) is 3.66. The average molecular weight is 1320 g/mol. The first-order chi connectivity index (χ1) is 45.8. The van der Waals surface area contributed by atoms with Crippen LogP contribution in [0, 0.1) is 0 Å². The SMILES string of the molecule is CC/C=C\C/C=C\C/C=C\C/C=C\C/C=C\C/C=C\C/C=C\C/C=C\C/C=C\C/C=C\CCCCCCCCCCC(=O)OC(COC(=O)CCCCCCCCCCCCCCCCCCCCCCCCCCCCCCCCCCC)COP(=O)(O)OCCN. The van der Waals surface area contributed by atoms with Crippen LogP contribution in [0.25, 0.3) is 0 Å². The molecule has 0 spiro atoms. The number of allylic oxidation sites excluding steroid dienone is 20. The van der Waals surface area contributed by atoms with E-state index in [1.807, 2.05) is 0 Å². The Morgan fingerprint density at radius 3 is 0.882 bits per heavy atom. The molecule has 0 radical (unpaired) electrons. The maximum Gasteiger partial charge on any atom is 0.472 e. The number of ether oxygens (including phenoxy) is 2. The molecule has 0 aromatic rings. The van der Waals surface area contributed by atoms with Crippen molar-refractivity contribution in [1.82, 2.24) is 0 Å². The Balaban J connectivity index is 3.88. The van der Waals surface area contributed by atoms with Crippen LogP contribution in [-0.4, -0.2) is 49.3 Å². The highest BCUT2D eigenvalue weighted by atomic mass is 31.2. The third kappa shape index (κ3) is 77.3. The highest BCUT2D eigenvalue weighted by Crippen LogP contribution is 2.43. The quantitative estimate of drug-likeness (QED) is 0.0264. The molecule has 10 heteroatoms. The monoisotopic (exact) mass is 1320 g/mol. The standard InChI is InChI=1S/C83H146NO8P/c1-3-5-7-9-11-13-15-17-19-21-23-25-27-29-31-33-35-37-38-39-40-41-42-44-46-48-50-52-54-56-58-60-62-64-66-68-70-72-74-76-83(86)92-81(80-91-93(87,88)90-78-77-84)79-89-82(85)75-73-71-69-67-65-63-61-59-57-55-53-51-49-47-45-43-36-34-32-30-28-26-24-22-20-18-16-14-12-10-8-6-4-2/h5,7,11,13,17,19,23,25,29,31,35,37,39-40,42,44,48,50,54,56,81H,3-4,6,8-10,12,14-16,18,20-22,24,26-28,30,32-34,36,38,41,43,45-47,49,51-53,55,57-80,84H2,1-2H3,(H,87,88)/b7-5-,13-11-,19-17-,25-23-,31-29-,37-35-,40-39-,44-42-,50-48-,56-54-. The molecule has 0 aliphatic carbocycles. The zero-order valence-corrected chi connectivity index (χ0v) is 61.4. The van der Waals surface area contributed by atoms with Crippen LogP contribution in [-0.2, 0) is 32.7 Å². The predicted octanol–water partition coefficient (Wildman–Crippen LogP) is 26.2. The Morgan fingerprint density at radius 1 is 0.333 bits per heavy atom. The maximum absolute atomic E-state index is 12.8. The number of esters is 2. The molecular weight excluding hydrogens is 1170 g/mol. The summed E-state index contributed by atoms with van der Waals surface area (Å²) in [7, 11) is -4.40. The van der Waals surface area contributed by atoms with Gasteiger partial charge in [-0.25, -0.2) is 4.57 Å². The first-order valence-corrected chi connectivity index (χ1v) is 40.5. The fraction of sp³-hybridized carbons (Fsp3) is 0.735. The summed E-state index contributed by atoms with van der Waals surface area (Å²) < 4.78 is 33.2. The van der Waals surface area contributed by atoms with Gasteiger partial charge in [0.05, 0.1) is 13.2 Å². The van der Waals surface area contributed by atoms with Crippen molar-refractivity contribution < 1.29 is 37.6 Å². The maximum atomic E-state index is 12.8. The van der Waals surface area contributed by atoms with E-state index >= 15 is 0 Å². The Morgan fingerprint density at radius 2 is 0.591 bits per heavy atom. The number of rotatable bonds is 73. The lowest BCUT2D eigenvalue weighted by Crippen LogP contribution is -2.29. The zero-order chi connectivity index (χ0) is 67.2. The number of carbonyl (C=O) groups excluding carboxylic acids is 2. The minimum absolute atomic E-state index is 0.0483. The molecular formula is C83H146NO8P. The minimum Gasteiger partial charge on any atom is -0.462 e. The molecule has 93 heavy (non-hydrogen) atoms. The molecule has 0 amide bonds. The van der Waals surface area contributed by atoms with Crippen molar-refractivity contribution in [2.24, 2.45) is 5.73 Å². The molecule has 2 atom stereocenters. The topological polar surface area (TPSA) is 134 Å². The average Bonchev–Trinajstić information content (AvgIpc) is 3.60. The Bertz CT molecular complexity index is 1950. The van der Waals surface area contributed by atoms with Crippen LogP contribution in [0.3, 0.4) is 0 Å². The van der Waals surface area contributed by atoms with Gasteiger partial charge in [0.25, 0.3) is 0 Å². The van der Waals surface area contributed by atoms with Crippen LogP contribution < -0.4 is 5.73 Å². The molecule has 2 unspecified atom stereocenters. The van der Waals surface area contributed by atoms with E-state index in [9.17, 15) is 19.0 Å². The van der Waals surface area contributed by atoms with Crippen molar-refractivity contribution in [2.45, 2.75) is 367 Å². The molecule has 0 aliphatic heterocycles. The van der Waals surface area contributed by atoms with Crippen molar-refractivity contribution in [2.75, 3.05) is 26.4 Å². The lowest BCUT2D eigenvalue weighted by atomic mass is 10.0. The van der Waals surface area contributed by atoms with E-state index < -0.39 is 26.5 Å². The molecule has 0 heterocycles. The van der Waals surface area contributed by atoms with Crippen LogP contribution in [0.5, 0.6) is 0 Å². The second-order valence-corrected chi connectivity index (χ2v) is 27.3. The molecule has 0 saturated heterocycles. The lowest BCUT2D eigenvalue weighted by molar-refractivity contribution is -0.161. The highest BCUT2D eigenvalue weighted by Gasteiger charge is 2.26. The number of phosphoric acid groups is 1.